The summed E-state index contributed by atoms with van der Waals surface area (Å²) >= 11 is 5.99. The third kappa shape index (κ3) is 4.92. The van der Waals surface area contributed by atoms with Crippen LogP contribution >= 0.6 is 11.6 Å². The van der Waals surface area contributed by atoms with Crippen LogP contribution in [0.15, 0.2) is 42.5 Å². The number of nitro groups is 1. The molecule has 0 saturated carbocycles. The van der Waals surface area contributed by atoms with Crippen molar-refractivity contribution in [3.05, 3.63) is 68.7 Å². The maximum atomic E-state index is 11.9. The Kier molecular flexibility index (Phi) is 5.91. The molecule has 2 rings (SSSR count). The normalized spacial score (nSPS) is 10.0. The number of nitro benzene ring substituents is 1. The van der Waals surface area contributed by atoms with E-state index in [1.54, 1.807) is 18.2 Å². The van der Waals surface area contributed by atoms with E-state index in [4.69, 9.17) is 11.6 Å². The van der Waals surface area contributed by atoms with Gasteiger partial charge >= 0.3 is 0 Å². The van der Waals surface area contributed by atoms with E-state index in [9.17, 15) is 19.7 Å². The predicted molar refractivity (Wildman–Crippen MR) is 93.4 cm³/mol. The van der Waals surface area contributed by atoms with Gasteiger partial charge in [-0.3, -0.25) is 30.6 Å². The standard InChI is InChI=1S/C16H15ClN4O4/c1-10-13(17)3-2-4-14(10)18-9-15(22)19-20-16(23)11-5-7-12(8-6-11)21(24)25/h2-8,18H,9H2,1H3,(H,19,22)(H,20,23). The van der Waals surface area contributed by atoms with Crippen molar-refractivity contribution in [1.82, 2.24) is 10.9 Å². The molecule has 9 heteroatoms. The minimum Gasteiger partial charge on any atom is -0.376 e. The molecule has 0 saturated heterocycles. The average Bonchev–Trinajstić information content (AvgIpc) is 2.61. The van der Waals surface area contributed by atoms with E-state index >= 15 is 0 Å². The number of anilines is 1. The first-order valence-corrected chi connectivity index (χ1v) is 7.59. The lowest BCUT2D eigenvalue weighted by Gasteiger charge is -2.11. The number of nitrogens with one attached hydrogen (secondary N) is 3. The second-order valence-corrected chi connectivity index (χ2v) is 5.48. The molecule has 0 bridgehead atoms. The number of non-ortho nitro benzene ring substituents is 1. The van der Waals surface area contributed by atoms with Crippen molar-refractivity contribution in [2.24, 2.45) is 0 Å². The van der Waals surface area contributed by atoms with E-state index in [1.807, 2.05) is 6.92 Å². The van der Waals surface area contributed by atoms with Gasteiger partial charge in [-0.15, -0.1) is 0 Å². The second kappa shape index (κ2) is 8.11. The Balaban J connectivity index is 1.84. The molecule has 0 aliphatic rings. The number of halogens is 1. The molecule has 2 amide bonds. The molecule has 0 spiro atoms. The fourth-order valence-corrected chi connectivity index (χ4v) is 2.13. The number of amides is 2. The fraction of sp³-hybridized carbons (Fsp3) is 0.125. The monoisotopic (exact) mass is 362 g/mol. The molecule has 8 nitrogen and oxygen atoms in total. The first kappa shape index (κ1) is 18.2. The highest BCUT2D eigenvalue weighted by Crippen LogP contribution is 2.22. The zero-order valence-corrected chi connectivity index (χ0v) is 14.0. The number of rotatable bonds is 5. The van der Waals surface area contributed by atoms with Crippen LogP contribution in [0.4, 0.5) is 11.4 Å². The number of carbonyl (C=O) groups excluding carboxylic acids is 2. The maximum absolute atomic E-state index is 11.9. The van der Waals surface area contributed by atoms with E-state index in [0.29, 0.717) is 10.7 Å². The third-order valence-corrected chi connectivity index (χ3v) is 3.77. The number of hydrogen-bond acceptors (Lipinski definition) is 5. The van der Waals surface area contributed by atoms with Gasteiger partial charge in [0.15, 0.2) is 0 Å². The Morgan fingerprint density at radius 1 is 1.12 bits per heavy atom. The van der Waals surface area contributed by atoms with Crippen LogP contribution in [-0.2, 0) is 4.79 Å². The minimum atomic E-state index is -0.581. The largest absolute Gasteiger partial charge is 0.376 e. The Hall–Kier alpha value is -3.13. The molecule has 0 fully saturated rings. The molecule has 2 aromatic rings. The first-order valence-electron chi connectivity index (χ1n) is 7.21. The number of nitrogens with zero attached hydrogens (tertiary/aromatic N) is 1. The van der Waals surface area contributed by atoms with Gasteiger partial charge in [0.05, 0.1) is 11.5 Å². The van der Waals surface area contributed by atoms with Crippen molar-refractivity contribution in [1.29, 1.82) is 0 Å². The van der Waals surface area contributed by atoms with Crippen LogP contribution in [0.5, 0.6) is 0 Å². The van der Waals surface area contributed by atoms with E-state index in [-0.39, 0.29) is 17.8 Å². The summed E-state index contributed by atoms with van der Waals surface area (Å²) in [6.45, 7) is 1.75. The van der Waals surface area contributed by atoms with E-state index in [1.165, 1.54) is 24.3 Å². The molecule has 0 heterocycles. The van der Waals surface area contributed by atoms with Gasteiger partial charge < -0.3 is 5.32 Å². The summed E-state index contributed by atoms with van der Waals surface area (Å²) in [5, 5.41) is 14.1. The number of carbonyl (C=O) groups is 2. The lowest BCUT2D eigenvalue weighted by Crippen LogP contribution is -2.44. The molecular weight excluding hydrogens is 348 g/mol. The molecule has 0 atom stereocenters. The highest BCUT2D eigenvalue weighted by Gasteiger charge is 2.10. The lowest BCUT2D eigenvalue weighted by molar-refractivity contribution is -0.384. The molecular formula is C16H15ClN4O4. The molecule has 0 aromatic heterocycles. The quantitative estimate of drug-likeness (QED) is 0.558. The van der Waals surface area contributed by atoms with Crippen LogP contribution in [-0.4, -0.2) is 23.3 Å². The molecule has 0 aliphatic carbocycles. The minimum absolute atomic E-state index is 0.0677. The van der Waals surface area contributed by atoms with E-state index < -0.39 is 16.7 Å². The van der Waals surface area contributed by atoms with Gasteiger partial charge in [-0.25, -0.2) is 0 Å². The van der Waals surface area contributed by atoms with Crippen LogP contribution in [0.25, 0.3) is 0 Å². The van der Waals surface area contributed by atoms with Crippen molar-refractivity contribution in [2.75, 3.05) is 11.9 Å². The van der Waals surface area contributed by atoms with Gasteiger partial charge in [0.25, 0.3) is 17.5 Å². The predicted octanol–water partition coefficient (Wildman–Crippen LogP) is 2.43. The van der Waals surface area contributed by atoms with Crippen molar-refractivity contribution in [3.63, 3.8) is 0 Å². The lowest BCUT2D eigenvalue weighted by atomic mass is 10.2. The van der Waals surface area contributed by atoms with Crippen LogP contribution in [0.2, 0.25) is 5.02 Å². The van der Waals surface area contributed by atoms with Gasteiger partial charge in [0.1, 0.15) is 0 Å². The van der Waals surface area contributed by atoms with Crippen LogP contribution in [0.1, 0.15) is 15.9 Å². The van der Waals surface area contributed by atoms with Gasteiger partial charge in [-0.05, 0) is 36.8 Å². The van der Waals surface area contributed by atoms with Crippen LogP contribution in [0, 0.1) is 17.0 Å². The van der Waals surface area contributed by atoms with Crippen molar-refractivity contribution in [2.45, 2.75) is 6.92 Å². The molecule has 0 aliphatic heterocycles. The molecule has 0 unspecified atom stereocenters. The Morgan fingerprint density at radius 3 is 2.44 bits per heavy atom. The SMILES string of the molecule is Cc1c(Cl)cccc1NCC(=O)NNC(=O)c1ccc([N+](=O)[O-])cc1. The maximum Gasteiger partial charge on any atom is 0.269 e. The van der Waals surface area contributed by atoms with Crippen LogP contribution in [0.3, 0.4) is 0 Å². The fourth-order valence-electron chi connectivity index (χ4n) is 1.95. The number of hydrazine groups is 1. The zero-order valence-electron chi connectivity index (χ0n) is 13.2. The average molecular weight is 363 g/mol. The molecule has 130 valence electrons. The topological polar surface area (TPSA) is 113 Å². The molecule has 25 heavy (non-hydrogen) atoms. The summed E-state index contributed by atoms with van der Waals surface area (Å²) in [4.78, 5) is 33.7. The first-order chi connectivity index (χ1) is 11.9. The van der Waals surface area contributed by atoms with Crippen LogP contribution < -0.4 is 16.2 Å². The zero-order chi connectivity index (χ0) is 18.4. The van der Waals surface area contributed by atoms with E-state index in [0.717, 1.165) is 5.56 Å². The Labute approximate surface area is 148 Å². The van der Waals surface area contributed by atoms with Crippen molar-refractivity contribution < 1.29 is 14.5 Å². The molecule has 3 N–H and O–H groups in total. The smallest absolute Gasteiger partial charge is 0.269 e. The van der Waals surface area contributed by atoms with Crippen molar-refractivity contribution in [3.8, 4) is 0 Å². The Bertz CT molecular complexity index is 808. The molecule has 0 radical (unpaired) electrons. The van der Waals surface area contributed by atoms with Crippen molar-refractivity contribution >= 4 is 34.8 Å². The summed E-state index contributed by atoms with van der Waals surface area (Å²) in [6, 6.07) is 10.3. The highest BCUT2D eigenvalue weighted by atomic mass is 35.5. The third-order valence-electron chi connectivity index (χ3n) is 3.36. The summed E-state index contributed by atoms with van der Waals surface area (Å²) < 4.78 is 0. The highest BCUT2D eigenvalue weighted by molar-refractivity contribution is 6.31. The second-order valence-electron chi connectivity index (χ2n) is 5.07. The summed E-state index contributed by atoms with van der Waals surface area (Å²) in [5.41, 5.74) is 6.08. The number of benzene rings is 2. The van der Waals surface area contributed by atoms with Gasteiger partial charge in [-0.1, -0.05) is 17.7 Å². The van der Waals surface area contributed by atoms with Gasteiger partial charge in [0, 0.05) is 28.4 Å². The Morgan fingerprint density at radius 2 is 1.80 bits per heavy atom. The summed E-state index contributed by atoms with van der Waals surface area (Å²) in [5.74, 6) is -1.04. The number of hydrogen-bond donors (Lipinski definition) is 3. The summed E-state index contributed by atoms with van der Waals surface area (Å²) in [6.07, 6.45) is 0. The molecule has 2 aromatic carbocycles. The van der Waals surface area contributed by atoms with Gasteiger partial charge in [-0.2, -0.15) is 0 Å². The van der Waals surface area contributed by atoms with E-state index in [2.05, 4.69) is 16.2 Å². The summed E-state index contributed by atoms with van der Waals surface area (Å²) in [7, 11) is 0. The van der Waals surface area contributed by atoms with Gasteiger partial charge in [0.2, 0.25) is 0 Å².